The number of fused-ring (bicyclic) bond motifs is 1. The van der Waals surface area contributed by atoms with Crippen molar-refractivity contribution in [2.45, 2.75) is 38.8 Å². The Balaban J connectivity index is 1.24. The van der Waals surface area contributed by atoms with Crippen LogP contribution in [0.1, 0.15) is 47.4 Å². The van der Waals surface area contributed by atoms with Crippen LogP contribution in [-0.4, -0.2) is 75.4 Å². The van der Waals surface area contributed by atoms with E-state index >= 15 is 0 Å². The molecule has 4 heterocycles. The number of hydrogen-bond acceptors (Lipinski definition) is 6. The predicted molar refractivity (Wildman–Crippen MR) is 151 cm³/mol. The number of H-pyrrole nitrogens is 1. The Hall–Kier alpha value is -4.09. The second kappa shape index (κ2) is 11.6. The molecule has 3 aromatic heterocycles. The van der Waals surface area contributed by atoms with Gasteiger partial charge in [0.15, 0.2) is 0 Å². The predicted octanol–water partition coefficient (Wildman–Crippen LogP) is 4.07. The van der Waals surface area contributed by atoms with Gasteiger partial charge in [0.2, 0.25) is 0 Å². The maximum Gasteiger partial charge on any atom is 0.257 e. The number of aromatic nitrogens is 4. The number of halogens is 1. The highest BCUT2D eigenvalue weighted by molar-refractivity contribution is 6.06. The average molecular weight is 548 g/mol. The van der Waals surface area contributed by atoms with Crippen LogP contribution in [0.25, 0.3) is 22.3 Å². The largest absolute Gasteiger partial charge is 0.383 e. The number of methoxy groups -OCH3 is 1. The lowest BCUT2D eigenvalue weighted by molar-refractivity contribution is 0.0939. The van der Waals surface area contributed by atoms with Gasteiger partial charge in [-0.3, -0.25) is 19.2 Å². The Labute approximate surface area is 231 Å². The Morgan fingerprint density at radius 3 is 2.75 bits per heavy atom. The van der Waals surface area contributed by atoms with Crippen LogP contribution in [0.5, 0.6) is 0 Å². The quantitative estimate of drug-likeness (QED) is 0.276. The monoisotopic (exact) mass is 547 g/mol. The van der Waals surface area contributed by atoms with E-state index in [4.69, 9.17) is 4.74 Å². The minimum atomic E-state index is -0.632. The van der Waals surface area contributed by atoms with Gasteiger partial charge in [0.1, 0.15) is 11.5 Å². The summed E-state index contributed by atoms with van der Waals surface area (Å²) in [6.45, 7) is 7.85. The van der Waals surface area contributed by atoms with E-state index in [1.807, 2.05) is 12.3 Å². The normalized spacial score (nSPS) is 15.0. The number of carbonyl (C=O) groups excluding carboxylic acids is 2. The maximum absolute atomic E-state index is 14.6. The van der Waals surface area contributed by atoms with E-state index in [1.54, 1.807) is 24.1 Å². The van der Waals surface area contributed by atoms with Gasteiger partial charge in [-0.05, 0) is 63.6 Å². The van der Waals surface area contributed by atoms with Crippen molar-refractivity contribution < 1.29 is 18.7 Å². The van der Waals surface area contributed by atoms with Crippen LogP contribution in [0.4, 0.5) is 10.1 Å². The Bertz CT molecular complexity index is 1530. The second-order valence-electron chi connectivity index (χ2n) is 10.6. The molecule has 1 saturated heterocycles. The molecule has 0 unspecified atom stereocenters. The molecule has 0 saturated carbocycles. The van der Waals surface area contributed by atoms with Gasteiger partial charge in [-0.2, -0.15) is 5.10 Å². The number of hydrogen-bond donors (Lipinski definition) is 3. The molecule has 0 aliphatic carbocycles. The first-order valence-corrected chi connectivity index (χ1v) is 13.4. The smallest absolute Gasteiger partial charge is 0.257 e. The van der Waals surface area contributed by atoms with Crippen molar-refractivity contribution in [1.82, 2.24) is 30.0 Å². The molecule has 210 valence electrons. The molecule has 0 spiro atoms. The molecule has 40 heavy (non-hydrogen) atoms. The maximum atomic E-state index is 14.6. The van der Waals surface area contributed by atoms with Crippen LogP contribution in [0.3, 0.4) is 0 Å². The number of ether oxygens (including phenoxy) is 1. The van der Waals surface area contributed by atoms with Crippen LogP contribution >= 0.6 is 0 Å². The van der Waals surface area contributed by atoms with Crippen LogP contribution in [0, 0.1) is 5.82 Å². The molecule has 0 atom stereocenters. The second-order valence-corrected chi connectivity index (χ2v) is 10.6. The van der Waals surface area contributed by atoms with Gasteiger partial charge in [-0.25, -0.2) is 9.37 Å². The summed E-state index contributed by atoms with van der Waals surface area (Å²) in [6, 6.07) is 7.50. The summed E-state index contributed by atoms with van der Waals surface area (Å²) < 4.78 is 21.5. The lowest BCUT2D eigenvalue weighted by Gasteiger charge is -2.31. The van der Waals surface area contributed by atoms with E-state index in [0.717, 1.165) is 42.6 Å². The zero-order valence-electron chi connectivity index (χ0n) is 23.0. The first-order chi connectivity index (χ1) is 19.2. The standard InChI is InChI=1S/C29H34FN7O3/c1-29(2)7-4-9-36(29)10-8-31-27(38)19-5-6-23(30)25(14-19)35-28(39)21-13-20-15-24(34-26(20)32-16-21)22-17-33-37(18-22)11-12-40-3/h5-6,13-18H,4,7-12H2,1-3H3,(H,31,38)(H,32,34)(H,35,39). The molecular weight excluding hydrogens is 513 g/mol. The van der Waals surface area contributed by atoms with E-state index in [-0.39, 0.29) is 28.3 Å². The zero-order valence-corrected chi connectivity index (χ0v) is 23.0. The summed E-state index contributed by atoms with van der Waals surface area (Å²) in [5.41, 5.74) is 2.88. The van der Waals surface area contributed by atoms with Gasteiger partial charge in [0.25, 0.3) is 11.8 Å². The SMILES string of the molecule is COCCn1cc(-c2cc3cc(C(=O)Nc4cc(C(=O)NCCN5CCCC5(C)C)ccc4F)cnc3[nH]2)cn1. The van der Waals surface area contributed by atoms with E-state index < -0.39 is 11.7 Å². The summed E-state index contributed by atoms with van der Waals surface area (Å²) in [5.74, 6) is -1.48. The first-order valence-electron chi connectivity index (χ1n) is 13.4. The number of amides is 2. The molecule has 1 fully saturated rings. The van der Waals surface area contributed by atoms with Gasteiger partial charge < -0.3 is 20.4 Å². The molecular formula is C29H34FN7O3. The molecule has 2 amide bonds. The number of pyridine rings is 1. The Morgan fingerprint density at radius 2 is 1.98 bits per heavy atom. The lowest BCUT2D eigenvalue weighted by atomic mass is 10.0. The lowest BCUT2D eigenvalue weighted by Crippen LogP contribution is -2.43. The van der Waals surface area contributed by atoms with Crippen molar-refractivity contribution in [1.29, 1.82) is 0 Å². The number of nitrogens with zero attached hydrogens (tertiary/aromatic N) is 4. The molecule has 1 aliphatic heterocycles. The van der Waals surface area contributed by atoms with Crippen molar-refractivity contribution in [3.63, 3.8) is 0 Å². The molecule has 0 bridgehead atoms. The number of rotatable bonds is 10. The summed E-state index contributed by atoms with van der Waals surface area (Å²) in [6.07, 6.45) is 7.35. The third-order valence-corrected chi connectivity index (χ3v) is 7.42. The zero-order chi connectivity index (χ0) is 28.3. The summed E-state index contributed by atoms with van der Waals surface area (Å²) in [7, 11) is 1.64. The molecule has 3 N–H and O–H groups in total. The van der Waals surface area contributed by atoms with E-state index in [9.17, 15) is 14.0 Å². The molecule has 1 aliphatic rings. The minimum Gasteiger partial charge on any atom is -0.383 e. The highest BCUT2D eigenvalue weighted by atomic mass is 19.1. The van der Waals surface area contributed by atoms with Crippen molar-refractivity contribution in [3.05, 3.63) is 65.9 Å². The molecule has 1 aromatic carbocycles. The van der Waals surface area contributed by atoms with Crippen molar-refractivity contribution in [3.8, 4) is 11.3 Å². The number of benzene rings is 1. The number of nitrogens with one attached hydrogen (secondary N) is 3. The first kappa shape index (κ1) is 27.5. The van der Waals surface area contributed by atoms with Crippen LogP contribution in [0.2, 0.25) is 0 Å². The third kappa shape index (κ3) is 6.05. The Kier molecular flexibility index (Phi) is 7.95. The molecule has 0 radical (unpaired) electrons. The van der Waals surface area contributed by atoms with Crippen LogP contribution < -0.4 is 10.6 Å². The topological polar surface area (TPSA) is 117 Å². The fraction of sp³-hybridized carbons (Fsp3) is 0.379. The van der Waals surface area contributed by atoms with E-state index in [1.165, 1.54) is 24.4 Å². The molecule has 4 aromatic rings. The van der Waals surface area contributed by atoms with Crippen molar-refractivity contribution in [2.75, 3.05) is 38.7 Å². The van der Waals surface area contributed by atoms with Gasteiger partial charge in [0.05, 0.1) is 36.3 Å². The van der Waals surface area contributed by atoms with Gasteiger partial charge in [-0.15, -0.1) is 0 Å². The van der Waals surface area contributed by atoms with Crippen LogP contribution in [-0.2, 0) is 11.3 Å². The summed E-state index contributed by atoms with van der Waals surface area (Å²) in [4.78, 5) is 35.7. The highest BCUT2D eigenvalue weighted by Crippen LogP contribution is 2.27. The summed E-state index contributed by atoms with van der Waals surface area (Å²) >= 11 is 0. The van der Waals surface area contributed by atoms with E-state index in [0.29, 0.717) is 25.3 Å². The average Bonchev–Trinajstić information content (AvgIpc) is 3.66. The Morgan fingerprint density at radius 1 is 1.12 bits per heavy atom. The summed E-state index contributed by atoms with van der Waals surface area (Å²) in [5, 5.41) is 10.5. The van der Waals surface area contributed by atoms with Crippen molar-refractivity contribution >= 4 is 28.5 Å². The van der Waals surface area contributed by atoms with Crippen molar-refractivity contribution in [2.24, 2.45) is 0 Å². The fourth-order valence-corrected chi connectivity index (χ4v) is 5.05. The molecule has 10 nitrogen and oxygen atoms in total. The number of likely N-dealkylation sites (tertiary alicyclic amines) is 1. The van der Waals surface area contributed by atoms with Gasteiger partial charge in [-0.1, -0.05) is 0 Å². The highest BCUT2D eigenvalue weighted by Gasteiger charge is 2.31. The van der Waals surface area contributed by atoms with Gasteiger partial charge >= 0.3 is 0 Å². The van der Waals surface area contributed by atoms with Crippen LogP contribution in [0.15, 0.2) is 48.9 Å². The number of anilines is 1. The van der Waals surface area contributed by atoms with Gasteiger partial charge in [0, 0.05) is 54.6 Å². The van der Waals surface area contributed by atoms with E-state index in [2.05, 4.69) is 44.4 Å². The number of carbonyl (C=O) groups is 2. The number of aromatic amines is 1. The molecule has 11 heteroatoms. The third-order valence-electron chi connectivity index (χ3n) is 7.42. The molecule has 5 rings (SSSR count). The fourth-order valence-electron chi connectivity index (χ4n) is 5.05. The minimum absolute atomic E-state index is 0.0725.